The Morgan fingerprint density at radius 3 is 2.88 bits per heavy atom. The zero-order valence-corrected chi connectivity index (χ0v) is 14.1. The minimum atomic E-state index is 0.147. The van der Waals surface area contributed by atoms with Gasteiger partial charge in [0.05, 0.1) is 5.69 Å². The summed E-state index contributed by atoms with van der Waals surface area (Å²) in [5.41, 5.74) is 13.1. The Labute approximate surface area is 145 Å². The van der Waals surface area contributed by atoms with Gasteiger partial charge in [0.2, 0.25) is 5.84 Å². The van der Waals surface area contributed by atoms with E-state index in [1.165, 1.54) is 4.68 Å². The molecule has 0 amide bonds. The lowest BCUT2D eigenvalue weighted by molar-refractivity contribution is 0.126. The third-order valence-corrected chi connectivity index (χ3v) is 2.96. The van der Waals surface area contributed by atoms with Crippen LogP contribution in [-0.4, -0.2) is 31.0 Å². The molecule has 0 saturated carbocycles. The molecule has 0 aliphatic rings. The van der Waals surface area contributed by atoms with Crippen molar-refractivity contribution < 1.29 is 4.84 Å². The summed E-state index contributed by atoms with van der Waals surface area (Å²) < 4.78 is 1.43. The van der Waals surface area contributed by atoms with E-state index < -0.39 is 0 Å². The molecule has 130 valence electrons. The van der Waals surface area contributed by atoms with E-state index in [1.54, 1.807) is 50.3 Å². The lowest BCUT2D eigenvalue weighted by atomic mass is 10.2. The molecule has 2 heterocycles. The number of hydrogen-bond donors (Lipinski definition) is 2. The van der Waals surface area contributed by atoms with Gasteiger partial charge in [0.1, 0.15) is 5.82 Å². The van der Waals surface area contributed by atoms with E-state index in [9.17, 15) is 0 Å². The third-order valence-electron chi connectivity index (χ3n) is 2.96. The minimum absolute atomic E-state index is 0.147. The number of rotatable bonds is 6. The quantitative estimate of drug-likeness (QED) is 0.351. The molecule has 0 saturated heterocycles. The van der Waals surface area contributed by atoms with Gasteiger partial charge in [-0.15, -0.1) is 5.10 Å². The predicted molar refractivity (Wildman–Crippen MR) is 95.0 cm³/mol. The fourth-order valence-electron chi connectivity index (χ4n) is 1.79. The number of allylic oxidation sites excluding steroid dienone is 5. The minimum Gasteiger partial charge on any atom is -0.402 e. The van der Waals surface area contributed by atoms with Gasteiger partial charge in [0, 0.05) is 11.3 Å². The number of aromatic nitrogens is 5. The summed E-state index contributed by atoms with van der Waals surface area (Å²) in [5.74, 6) is 1.31. The molecular formula is C16H20N8O. The number of tetrazole rings is 1. The molecule has 9 heteroatoms. The van der Waals surface area contributed by atoms with Gasteiger partial charge in [-0.2, -0.15) is 4.68 Å². The first kappa shape index (κ1) is 17.9. The fourth-order valence-corrected chi connectivity index (χ4v) is 1.79. The number of pyridine rings is 1. The van der Waals surface area contributed by atoms with Crippen LogP contribution in [0.1, 0.15) is 18.4 Å². The van der Waals surface area contributed by atoms with Crippen molar-refractivity contribution in [3.8, 4) is 0 Å². The van der Waals surface area contributed by atoms with Crippen LogP contribution < -0.4 is 11.5 Å². The Balaban J connectivity index is 2.19. The van der Waals surface area contributed by atoms with E-state index in [0.717, 1.165) is 0 Å². The molecule has 0 aliphatic carbocycles. The average molecular weight is 340 g/mol. The van der Waals surface area contributed by atoms with Crippen molar-refractivity contribution in [1.82, 2.24) is 25.2 Å². The summed E-state index contributed by atoms with van der Waals surface area (Å²) >= 11 is 0. The summed E-state index contributed by atoms with van der Waals surface area (Å²) in [6.45, 7) is 7.65. The monoisotopic (exact) mass is 340 g/mol. The summed E-state index contributed by atoms with van der Waals surface area (Å²) in [6, 6.07) is 5.28. The Hall–Kier alpha value is -3.49. The zero-order valence-electron chi connectivity index (χ0n) is 14.1. The summed E-state index contributed by atoms with van der Waals surface area (Å²) in [7, 11) is 0. The normalized spacial score (nSPS) is 12.6. The first-order chi connectivity index (χ1) is 12.0. The van der Waals surface area contributed by atoms with E-state index in [2.05, 4.69) is 32.2 Å². The maximum Gasteiger partial charge on any atom is 0.202 e. The standard InChI is InChI=1S/C16H20N8O/c1-11(6-4-7-12(2)17)16(24-13(3)20-22-23-24)21-25-10-14-8-5-9-15(18)19-14/h4-9H,1,10,17H2,2-3H3,(H2,18,19)/b6-4-,12-7-,21-16+. The molecule has 0 bridgehead atoms. The third kappa shape index (κ3) is 5.27. The van der Waals surface area contributed by atoms with Gasteiger partial charge in [0.25, 0.3) is 0 Å². The summed E-state index contributed by atoms with van der Waals surface area (Å²) in [6.07, 6.45) is 5.23. The van der Waals surface area contributed by atoms with E-state index in [-0.39, 0.29) is 6.61 Å². The Bertz CT molecular complexity index is 830. The predicted octanol–water partition coefficient (Wildman–Crippen LogP) is 1.31. The van der Waals surface area contributed by atoms with E-state index >= 15 is 0 Å². The first-order valence-electron chi connectivity index (χ1n) is 7.44. The van der Waals surface area contributed by atoms with Gasteiger partial charge >= 0.3 is 0 Å². The first-order valence-corrected chi connectivity index (χ1v) is 7.44. The molecule has 0 unspecified atom stereocenters. The molecule has 2 rings (SSSR count). The van der Waals surface area contributed by atoms with Gasteiger partial charge in [-0.3, -0.25) is 0 Å². The van der Waals surface area contributed by atoms with Crippen molar-refractivity contribution >= 4 is 11.7 Å². The second kappa shape index (κ2) is 8.39. The number of aryl methyl sites for hydroxylation is 1. The highest BCUT2D eigenvalue weighted by molar-refractivity contribution is 6.01. The smallest absolute Gasteiger partial charge is 0.202 e. The Morgan fingerprint density at radius 2 is 2.24 bits per heavy atom. The molecule has 0 radical (unpaired) electrons. The Kier molecular flexibility index (Phi) is 5.99. The van der Waals surface area contributed by atoms with Gasteiger partial charge in [-0.25, -0.2) is 4.98 Å². The van der Waals surface area contributed by atoms with Crippen LogP contribution in [0, 0.1) is 6.92 Å². The lowest BCUT2D eigenvalue weighted by Gasteiger charge is -2.07. The second-order valence-electron chi connectivity index (χ2n) is 5.18. The van der Waals surface area contributed by atoms with Crippen molar-refractivity contribution in [2.45, 2.75) is 20.5 Å². The topological polar surface area (TPSA) is 130 Å². The van der Waals surface area contributed by atoms with Crippen LogP contribution in [0.3, 0.4) is 0 Å². The number of anilines is 1. The van der Waals surface area contributed by atoms with Crippen molar-refractivity contribution in [2.75, 3.05) is 5.73 Å². The van der Waals surface area contributed by atoms with Crippen LogP contribution in [-0.2, 0) is 11.4 Å². The number of oxime groups is 1. The van der Waals surface area contributed by atoms with Crippen LogP contribution >= 0.6 is 0 Å². The van der Waals surface area contributed by atoms with Crippen LogP contribution in [0.5, 0.6) is 0 Å². The number of hydrogen-bond acceptors (Lipinski definition) is 8. The fraction of sp³-hybridized carbons (Fsp3) is 0.188. The van der Waals surface area contributed by atoms with Crippen molar-refractivity contribution in [1.29, 1.82) is 0 Å². The molecule has 2 aromatic heterocycles. The lowest BCUT2D eigenvalue weighted by Crippen LogP contribution is -2.17. The average Bonchev–Trinajstić information content (AvgIpc) is 2.97. The maximum absolute atomic E-state index is 5.64. The molecule has 0 atom stereocenters. The van der Waals surface area contributed by atoms with Crippen LogP contribution in [0.25, 0.3) is 0 Å². The highest BCUT2D eigenvalue weighted by Gasteiger charge is 2.12. The molecule has 9 nitrogen and oxygen atoms in total. The molecule has 25 heavy (non-hydrogen) atoms. The van der Waals surface area contributed by atoms with Gasteiger partial charge in [-0.05, 0) is 42.5 Å². The Morgan fingerprint density at radius 1 is 1.44 bits per heavy atom. The SMILES string of the molecule is C=C(/C=C\C=C(\C)N)/C(=N\OCc1cccc(N)n1)n1nnnc1C. The van der Waals surface area contributed by atoms with Gasteiger partial charge in [-0.1, -0.05) is 30.0 Å². The number of nitrogens with zero attached hydrogens (tertiary/aromatic N) is 6. The van der Waals surface area contributed by atoms with Crippen molar-refractivity contribution in [3.63, 3.8) is 0 Å². The maximum atomic E-state index is 5.64. The summed E-state index contributed by atoms with van der Waals surface area (Å²) in [4.78, 5) is 9.53. The zero-order chi connectivity index (χ0) is 18.2. The van der Waals surface area contributed by atoms with E-state index in [1.807, 2.05) is 0 Å². The van der Waals surface area contributed by atoms with Crippen LogP contribution in [0.15, 0.2) is 59.4 Å². The molecule has 0 aliphatic heterocycles. The largest absolute Gasteiger partial charge is 0.402 e. The van der Waals surface area contributed by atoms with E-state index in [0.29, 0.717) is 34.4 Å². The molecule has 0 aromatic carbocycles. The number of nitrogens with two attached hydrogens (primary N) is 2. The highest BCUT2D eigenvalue weighted by atomic mass is 16.6. The van der Waals surface area contributed by atoms with Gasteiger partial charge in [0.15, 0.2) is 12.4 Å². The van der Waals surface area contributed by atoms with Gasteiger partial charge < -0.3 is 16.3 Å². The van der Waals surface area contributed by atoms with Crippen LogP contribution in [0.4, 0.5) is 5.82 Å². The molecule has 4 N–H and O–H groups in total. The van der Waals surface area contributed by atoms with Crippen molar-refractivity contribution in [3.05, 3.63) is 65.8 Å². The molecule has 0 fully saturated rings. The number of nitrogen functional groups attached to an aromatic ring is 1. The second-order valence-corrected chi connectivity index (χ2v) is 5.18. The van der Waals surface area contributed by atoms with Crippen molar-refractivity contribution in [2.24, 2.45) is 10.9 Å². The van der Waals surface area contributed by atoms with E-state index in [4.69, 9.17) is 16.3 Å². The molecule has 0 spiro atoms. The molecular weight excluding hydrogens is 320 g/mol. The molecule has 2 aromatic rings. The highest BCUT2D eigenvalue weighted by Crippen LogP contribution is 2.06. The van der Waals surface area contributed by atoms with Crippen LogP contribution in [0.2, 0.25) is 0 Å². The summed E-state index contributed by atoms with van der Waals surface area (Å²) in [5, 5.41) is 15.5.